The molecule has 5 nitrogen and oxygen atoms in total. The molecule has 94 valence electrons. The summed E-state index contributed by atoms with van der Waals surface area (Å²) in [5.41, 5.74) is 6.45. The lowest BCUT2D eigenvalue weighted by molar-refractivity contribution is -0.384. The van der Waals surface area contributed by atoms with E-state index in [9.17, 15) is 14.3 Å². The van der Waals surface area contributed by atoms with Gasteiger partial charge < -0.3 is 5.73 Å². The van der Waals surface area contributed by atoms with Crippen molar-refractivity contribution in [3.05, 3.63) is 39.9 Å². The third-order valence-electron chi connectivity index (χ3n) is 2.52. The number of hydrogen-bond donors (Lipinski definition) is 1. The highest BCUT2D eigenvalue weighted by molar-refractivity contribution is 7.85. The van der Waals surface area contributed by atoms with Crippen LogP contribution in [0.2, 0.25) is 0 Å². The molecule has 0 saturated carbocycles. The highest BCUT2D eigenvalue weighted by atomic mass is 32.2. The molecule has 6 heteroatoms. The zero-order chi connectivity index (χ0) is 12.8. The molecule has 1 aromatic carbocycles. The fraction of sp³-hybridized carbons (Fsp3) is 0.455. The van der Waals surface area contributed by atoms with Gasteiger partial charge in [0, 0.05) is 40.5 Å². The van der Waals surface area contributed by atoms with E-state index in [0.717, 1.165) is 5.56 Å². The van der Waals surface area contributed by atoms with Crippen molar-refractivity contribution < 1.29 is 9.13 Å². The Morgan fingerprint density at radius 3 is 2.47 bits per heavy atom. The van der Waals surface area contributed by atoms with Crippen molar-refractivity contribution in [2.24, 2.45) is 5.73 Å². The normalized spacial score (nSPS) is 14.2. The zero-order valence-electron chi connectivity index (χ0n) is 9.67. The van der Waals surface area contributed by atoms with Crippen molar-refractivity contribution in [3.63, 3.8) is 0 Å². The average molecular weight is 256 g/mol. The van der Waals surface area contributed by atoms with E-state index in [2.05, 4.69) is 0 Å². The first-order chi connectivity index (χ1) is 8.04. The Bertz CT molecular complexity index is 406. The molecule has 0 saturated heterocycles. The highest BCUT2D eigenvalue weighted by Crippen LogP contribution is 2.12. The van der Waals surface area contributed by atoms with E-state index in [4.69, 9.17) is 5.73 Å². The van der Waals surface area contributed by atoms with Crippen molar-refractivity contribution in [1.82, 2.24) is 0 Å². The SMILES string of the molecule is CC(CN)S(=O)CCc1ccc([N+](=O)[O-])cc1. The molecule has 0 heterocycles. The molecule has 2 N–H and O–H groups in total. The minimum absolute atomic E-state index is 0.00644. The van der Waals surface area contributed by atoms with E-state index < -0.39 is 15.7 Å². The lowest BCUT2D eigenvalue weighted by Gasteiger charge is -2.08. The number of aryl methyl sites for hydroxylation is 1. The second-order valence-electron chi connectivity index (χ2n) is 3.80. The van der Waals surface area contributed by atoms with Crippen LogP contribution in [0.1, 0.15) is 12.5 Å². The minimum Gasteiger partial charge on any atom is -0.329 e. The smallest absolute Gasteiger partial charge is 0.269 e. The van der Waals surface area contributed by atoms with Gasteiger partial charge in [0.2, 0.25) is 0 Å². The Morgan fingerprint density at radius 1 is 1.41 bits per heavy atom. The molecular formula is C11H16N2O3S. The van der Waals surface area contributed by atoms with Crippen molar-refractivity contribution >= 4 is 16.5 Å². The lowest BCUT2D eigenvalue weighted by Crippen LogP contribution is -2.24. The fourth-order valence-electron chi connectivity index (χ4n) is 1.31. The Morgan fingerprint density at radius 2 is 2.00 bits per heavy atom. The van der Waals surface area contributed by atoms with E-state index >= 15 is 0 Å². The molecule has 0 fully saturated rings. The van der Waals surface area contributed by atoms with Gasteiger partial charge in [-0.3, -0.25) is 14.3 Å². The molecule has 0 bridgehead atoms. The van der Waals surface area contributed by atoms with Gasteiger partial charge in [-0.2, -0.15) is 0 Å². The van der Waals surface area contributed by atoms with E-state index in [1.54, 1.807) is 12.1 Å². The predicted octanol–water partition coefficient (Wildman–Crippen LogP) is 1.23. The van der Waals surface area contributed by atoms with Crippen LogP contribution in [0, 0.1) is 10.1 Å². The maximum absolute atomic E-state index is 11.6. The van der Waals surface area contributed by atoms with Crippen molar-refractivity contribution in [2.75, 3.05) is 12.3 Å². The van der Waals surface area contributed by atoms with Crippen LogP contribution in [-0.2, 0) is 17.2 Å². The van der Waals surface area contributed by atoms with E-state index in [-0.39, 0.29) is 10.9 Å². The maximum Gasteiger partial charge on any atom is 0.269 e. The molecule has 0 amide bonds. The third-order valence-corrected chi connectivity index (χ3v) is 4.22. The predicted molar refractivity (Wildman–Crippen MR) is 68.3 cm³/mol. The molecule has 0 aliphatic carbocycles. The molecular weight excluding hydrogens is 240 g/mol. The summed E-state index contributed by atoms with van der Waals surface area (Å²) in [4.78, 5) is 10.0. The second-order valence-corrected chi connectivity index (χ2v) is 5.78. The standard InChI is InChI=1S/C11H16N2O3S/c1-9(8-12)17(16)7-6-10-2-4-11(5-3-10)13(14)15/h2-5,9H,6-8,12H2,1H3. The van der Waals surface area contributed by atoms with E-state index in [1.807, 2.05) is 6.92 Å². The number of rotatable bonds is 6. The van der Waals surface area contributed by atoms with Crippen LogP contribution in [0.15, 0.2) is 24.3 Å². The summed E-state index contributed by atoms with van der Waals surface area (Å²) in [5, 5.41) is 10.4. The van der Waals surface area contributed by atoms with Gasteiger partial charge in [0.25, 0.3) is 5.69 Å². The Balaban J connectivity index is 2.53. The molecule has 17 heavy (non-hydrogen) atoms. The van der Waals surface area contributed by atoms with E-state index in [1.165, 1.54) is 12.1 Å². The first-order valence-electron chi connectivity index (χ1n) is 5.35. The number of nitrogens with two attached hydrogens (primary N) is 1. The van der Waals surface area contributed by atoms with Crippen molar-refractivity contribution in [1.29, 1.82) is 0 Å². The second kappa shape index (κ2) is 6.46. The van der Waals surface area contributed by atoms with Crippen LogP contribution in [-0.4, -0.2) is 26.7 Å². The topological polar surface area (TPSA) is 86.2 Å². The molecule has 0 aliphatic heterocycles. The summed E-state index contributed by atoms with van der Waals surface area (Å²) in [6, 6.07) is 6.32. The number of benzene rings is 1. The van der Waals surface area contributed by atoms with Gasteiger partial charge in [-0.05, 0) is 18.9 Å². The Labute approximate surface area is 103 Å². The monoisotopic (exact) mass is 256 g/mol. The number of nitro groups is 1. The summed E-state index contributed by atoms with van der Waals surface area (Å²) in [6.45, 7) is 2.26. The quantitative estimate of drug-likeness (QED) is 0.612. The summed E-state index contributed by atoms with van der Waals surface area (Å²) in [7, 11) is -0.938. The number of hydrogen-bond acceptors (Lipinski definition) is 4. The van der Waals surface area contributed by atoms with Gasteiger partial charge in [0.05, 0.1) is 4.92 Å². The Hall–Kier alpha value is -1.27. The van der Waals surface area contributed by atoms with Gasteiger partial charge in [-0.15, -0.1) is 0 Å². The summed E-state index contributed by atoms with van der Waals surface area (Å²) < 4.78 is 11.6. The van der Waals surface area contributed by atoms with Gasteiger partial charge in [-0.1, -0.05) is 12.1 Å². The maximum atomic E-state index is 11.6. The zero-order valence-corrected chi connectivity index (χ0v) is 10.5. The fourth-order valence-corrected chi connectivity index (χ4v) is 2.37. The molecule has 0 radical (unpaired) electrons. The highest BCUT2D eigenvalue weighted by Gasteiger charge is 2.09. The average Bonchev–Trinajstić information content (AvgIpc) is 2.35. The molecule has 1 rings (SSSR count). The van der Waals surface area contributed by atoms with Crippen LogP contribution in [0.25, 0.3) is 0 Å². The van der Waals surface area contributed by atoms with Gasteiger partial charge in [0.1, 0.15) is 0 Å². The number of nitrogens with zero attached hydrogens (tertiary/aromatic N) is 1. The first kappa shape index (κ1) is 13.8. The molecule has 0 aliphatic rings. The van der Waals surface area contributed by atoms with Gasteiger partial charge >= 0.3 is 0 Å². The van der Waals surface area contributed by atoms with Crippen molar-refractivity contribution in [2.45, 2.75) is 18.6 Å². The lowest BCUT2D eigenvalue weighted by atomic mass is 10.1. The molecule has 1 aromatic rings. The van der Waals surface area contributed by atoms with Crippen LogP contribution < -0.4 is 5.73 Å². The van der Waals surface area contributed by atoms with Crippen LogP contribution in [0.5, 0.6) is 0 Å². The van der Waals surface area contributed by atoms with Crippen LogP contribution in [0.4, 0.5) is 5.69 Å². The van der Waals surface area contributed by atoms with E-state index in [0.29, 0.717) is 18.7 Å². The number of non-ortho nitro benzene ring substituents is 1. The number of nitro benzene ring substituents is 1. The molecule has 0 spiro atoms. The Kier molecular flexibility index (Phi) is 5.24. The third kappa shape index (κ3) is 4.24. The van der Waals surface area contributed by atoms with Crippen LogP contribution >= 0.6 is 0 Å². The summed E-state index contributed by atoms with van der Waals surface area (Å²) >= 11 is 0. The van der Waals surface area contributed by atoms with Crippen LogP contribution in [0.3, 0.4) is 0 Å². The molecule has 2 atom stereocenters. The summed E-state index contributed by atoms with van der Waals surface area (Å²) in [5.74, 6) is 0.538. The largest absolute Gasteiger partial charge is 0.329 e. The minimum atomic E-state index is -0.938. The molecule has 0 aromatic heterocycles. The summed E-state index contributed by atoms with van der Waals surface area (Å²) in [6.07, 6.45) is 0.648. The first-order valence-corrected chi connectivity index (χ1v) is 6.73. The molecule has 2 unspecified atom stereocenters. The van der Waals surface area contributed by atoms with Gasteiger partial charge in [0.15, 0.2) is 0 Å². The van der Waals surface area contributed by atoms with Gasteiger partial charge in [-0.25, -0.2) is 0 Å². The van der Waals surface area contributed by atoms with Crippen molar-refractivity contribution in [3.8, 4) is 0 Å².